The highest BCUT2D eigenvalue weighted by Gasteiger charge is 2.36. The molecule has 0 saturated heterocycles. The molecule has 2 aromatic carbocycles. The number of hydrogen-bond donors (Lipinski definition) is 2. The van der Waals surface area contributed by atoms with Gasteiger partial charge >= 0.3 is 0 Å². The number of ketones is 1. The molecule has 2 aliphatic heterocycles. The average Bonchev–Trinajstić information content (AvgIpc) is 3.09. The third-order valence-corrected chi connectivity index (χ3v) is 5.23. The molecule has 2 heterocycles. The van der Waals surface area contributed by atoms with Crippen molar-refractivity contribution in [1.29, 1.82) is 0 Å². The highest BCUT2D eigenvalue weighted by atomic mass is 16.7. The van der Waals surface area contributed by atoms with Gasteiger partial charge in [0.1, 0.15) is 17.1 Å². The minimum Gasteiger partial charge on any atom is -0.507 e. The largest absolute Gasteiger partial charge is 0.507 e. The summed E-state index contributed by atoms with van der Waals surface area (Å²) in [5.41, 5.74) is 2.35. The Bertz CT molecular complexity index is 939. The van der Waals surface area contributed by atoms with E-state index in [4.69, 9.17) is 14.2 Å². The fourth-order valence-corrected chi connectivity index (χ4v) is 3.99. The highest BCUT2D eigenvalue weighted by Crippen LogP contribution is 2.52. The first-order chi connectivity index (χ1) is 12.9. The Labute approximate surface area is 156 Å². The lowest BCUT2D eigenvalue weighted by molar-refractivity contribution is 0.101. The Morgan fingerprint density at radius 1 is 1.30 bits per heavy atom. The third kappa shape index (κ3) is 2.57. The quantitative estimate of drug-likeness (QED) is 0.802. The van der Waals surface area contributed by atoms with Gasteiger partial charge in [-0.2, -0.15) is 0 Å². The van der Waals surface area contributed by atoms with E-state index in [1.165, 1.54) is 13.0 Å². The molecule has 2 N–H and O–H groups in total. The Kier molecular flexibility index (Phi) is 4.11. The van der Waals surface area contributed by atoms with Crippen molar-refractivity contribution in [2.75, 3.05) is 27.5 Å². The lowest BCUT2D eigenvalue weighted by Crippen LogP contribution is -2.33. The van der Waals surface area contributed by atoms with Crippen molar-refractivity contribution in [2.45, 2.75) is 19.4 Å². The number of likely N-dealkylation sites (N-methyl/N-ethyl adjacent to an activating group) is 1. The fourth-order valence-electron chi connectivity index (χ4n) is 3.99. The molecule has 27 heavy (non-hydrogen) atoms. The summed E-state index contributed by atoms with van der Waals surface area (Å²) in [6.45, 7) is 2.19. The molecular weight excluding hydrogens is 350 g/mol. The molecule has 1 unspecified atom stereocenters. The number of hydrogen-bond acceptors (Lipinski definition) is 7. The summed E-state index contributed by atoms with van der Waals surface area (Å²) in [4.78, 5) is 14.0. The zero-order valence-electron chi connectivity index (χ0n) is 15.4. The summed E-state index contributed by atoms with van der Waals surface area (Å²) < 4.78 is 16.8. The number of aromatic hydroxyl groups is 2. The first-order valence-corrected chi connectivity index (χ1v) is 8.69. The van der Waals surface area contributed by atoms with Crippen LogP contribution in [0.25, 0.3) is 0 Å². The number of carbonyl (C=O) groups is 1. The molecule has 0 aromatic heterocycles. The Morgan fingerprint density at radius 2 is 2.07 bits per heavy atom. The number of phenolic OH excluding ortho intramolecular Hbond substituents is 2. The summed E-state index contributed by atoms with van der Waals surface area (Å²) in [5, 5.41) is 20.8. The molecule has 142 valence electrons. The van der Waals surface area contributed by atoms with Crippen LogP contribution in [0.3, 0.4) is 0 Å². The van der Waals surface area contributed by atoms with Gasteiger partial charge in [-0.05, 0) is 44.2 Å². The third-order valence-electron chi connectivity index (χ3n) is 5.23. The standard InChI is InChI=1S/C20H21NO6/c1-10(22)15-13(23)5-4-12(18(15)24)17-16-11(6-7-21(17)2)8-14-19(20(16)25-3)27-9-26-14/h4-5,8,17,23-24H,6-7,9H2,1-3H3. The first kappa shape index (κ1) is 17.5. The van der Waals surface area contributed by atoms with Gasteiger partial charge in [0.2, 0.25) is 12.5 Å². The van der Waals surface area contributed by atoms with Crippen LogP contribution in [0, 0.1) is 0 Å². The SMILES string of the molecule is COc1c2c(cc3c1C(c1ccc(O)c(C(C)=O)c1O)N(C)CC3)OCO2. The van der Waals surface area contributed by atoms with Crippen molar-refractivity contribution < 1.29 is 29.2 Å². The predicted molar refractivity (Wildman–Crippen MR) is 97.1 cm³/mol. The molecule has 0 fully saturated rings. The van der Waals surface area contributed by atoms with Crippen LogP contribution in [0.15, 0.2) is 18.2 Å². The number of Topliss-reactive ketones (excluding diaryl/α,β-unsaturated/α-hetero) is 1. The van der Waals surface area contributed by atoms with Gasteiger partial charge in [-0.15, -0.1) is 0 Å². The lowest BCUT2D eigenvalue weighted by Gasteiger charge is -2.36. The van der Waals surface area contributed by atoms with Crippen molar-refractivity contribution in [1.82, 2.24) is 4.90 Å². The summed E-state index contributed by atoms with van der Waals surface area (Å²) in [7, 11) is 3.51. The zero-order chi connectivity index (χ0) is 19.3. The van der Waals surface area contributed by atoms with Crippen LogP contribution in [-0.4, -0.2) is 48.4 Å². The summed E-state index contributed by atoms with van der Waals surface area (Å²) in [5.74, 6) is 0.901. The fraction of sp³-hybridized carbons (Fsp3) is 0.350. The summed E-state index contributed by atoms with van der Waals surface area (Å²) in [6.07, 6.45) is 0.785. The van der Waals surface area contributed by atoms with Crippen LogP contribution in [0.1, 0.15) is 40.0 Å². The van der Waals surface area contributed by atoms with Gasteiger partial charge in [-0.25, -0.2) is 0 Å². The van der Waals surface area contributed by atoms with Gasteiger partial charge in [-0.1, -0.05) is 0 Å². The van der Waals surface area contributed by atoms with Gasteiger partial charge < -0.3 is 24.4 Å². The van der Waals surface area contributed by atoms with Gasteiger partial charge in [0, 0.05) is 17.7 Å². The number of fused-ring (bicyclic) bond motifs is 2. The van der Waals surface area contributed by atoms with Crippen LogP contribution in [0.2, 0.25) is 0 Å². The van der Waals surface area contributed by atoms with E-state index in [0.29, 0.717) is 22.8 Å². The summed E-state index contributed by atoms with van der Waals surface area (Å²) in [6, 6.07) is 4.66. The second-order valence-corrected chi connectivity index (χ2v) is 6.80. The van der Waals surface area contributed by atoms with E-state index in [9.17, 15) is 15.0 Å². The van der Waals surface area contributed by atoms with E-state index in [1.54, 1.807) is 13.2 Å². The molecule has 1 atom stereocenters. The lowest BCUT2D eigenvalue weighted by atomic mass is 9.85. The van der Waals surface area contributed by atoms with Gasteiger partial charge in [0.15, 0.2) is 17.3 Å². The van der Waals surface area contributed by atoms with Crippen molar-refractivity contribution >= 4 is 5.78 Å². The Hall–Kier alpha value is -2.93. The number of phenols is 2. The molecular formula is C20H21NO6. The van der Waals surface area contributed by atoms with E-state index in [1.807, 2.05) is 13.1 Å². The van der Waals surface area contributed by atoms with E-state index in [0.717, 1.165) is 24.1 Å². The van der Waals surface area contributed by atoms with Crippen LogP contribution in [0.5, 0.6) is 28.7 Å². The minimum atomic E-state index is -0.400. The minimum absolute atomic E-state index is 0.0762. The molecule has 0 bridgehead atoms. The van der Waals surface area contributed by atoms with Crippen LogP contribution in [0.4, 0.5) is 0 Å². The van der Waals surface area contributed by atoms with Gasteiger partial charge in [0.25, 0.3) is 0 Å². The summed E-state index contributed by atoms with van der Waals surface area (Å²) >= 11 is 0. The van der Waals surface area contributed by atoms with Crippen molar-refractivity contribution in [3.63, 3.8) is 0 Å². The van der Waals surface area contributed by atoms with E-state index < -0.39 is 5.78 Å². The van der Waals surface area contributed by atoms with Crippen molar-refractivity contribution in [3.05, 3.63) is 40.5 Å². The second-order valence-electron chi connectivity index (χ2n) is 6.80. The maximum Gasteiger partial charge on any atom is 0.231 e. The number of carbonyl (C=O) groups excluding carboxylic acids is 1. The van der Waals surface area contributed by atoms with Crippen LogP contribution >= 0.6 is 0 Å². The van der Waals surface area contributed by atoms with Crippen molar-refractivity contribution in [3.8, 4) is 28.7 Å². The molecule has 0 radical (unpaired) electrons. The Balaban J connectivity index is 1.97. The maximum atomic E-state index is 11.9. The number of nitrogens with zero attached hydrogens (tertiary/aromatic N) is 1. The molecule has 4 rings (SSSR count). The molecule has 7 heteroatoms. The second kappa shape index (κ2) is 6.35. The topological polar surface area (TPSA) is 88.5 Å². The highest BCUT2D eigenvalue weighted by molar-refractivity contribution is 6.00. The molecule has 7 nitrogen and oxygen atoms in total. The van der Waals surface area contributed by atoms with Crippen LogP contribution < -0.4 is 14.2 Å². The molecule has 2 aromatic rings. The van der Waals surface area contributed by atoms with Crippen molar-refractivity contribution in [2.24, 2.45) is 0 Å². The molecule has 0 spiro atoms. The molecule has 2 aliphatic rings. The predicted octanol–water partition coefficient (Wildman–Crippen LogP) is 2.61. The first-order valence-electron chi connectivity index (χ1n) is 8.69. The number of benzene rings is 2. The maximum absolute atomic E-state index is 11.9. The Morgan fingerprint density at radius 3 is 2.78 bits per heavy atom. The number of rotatable bonds is 3. The van der Waals surface area contributed by atoms with Gasteiger partial charge in [0.05, 0.1) is 13.2 Å². The zero-order valence-corrected chi connectivity index (χ0v) is 15.4. The van der Waals surface area contributed by atoms with Gasteiger partial charge in [-0.3, -0.25) is 9.69 Å². The average molecular weight is 371 g/mol. The molecule has 0 saturated carbocycles. The normalized spacial score (nSPS) is 18.3. The number of methoxy groups -OCH3 is 1. The van der Waals surface area contributed by atoms with Crippen LogP contribution in [-0.2, 0) is 6.42 Å². The smallest absolute Gasteiger partial charge is 0.231 e. The molecule has 0 amide bonds. The number of ether oxygens (including phenoxy) is 3. The van der Waals surface area contributed by atoms with E-state index in [2.05, 4.69) is 4.90 Å². The monoisotopic (exact) mass is 371 g/mol. The van der Waals surface area contributed by atoms with E-state index in [-0.39, 0.29) is 29.9 Å². The molecule has 0 aliphatic carbocycles. The van der Waals surface area contributed by atoms with E-state index >= 15 is 0 Å².